The van der Waals surface area contributed by atoms with Gasteiger partial charge in [0.2, 0.25) is 0 Å². The first kappa shape index (κ1) is 15.6. The summed E-state index contributed by atoms with van der Waals surface area (Å²) in [6.45, 7) is 0.217. The number of nitrogens with one attached hydrogen (secondary N) is 4. The van der Waals surface area contributed by atoms with Gasteiger partial charge in [-0.15, -0.1) is 0 Å². The first-order chi connectivity index (χ1) is 9.17. The molecule has 0 radical (unpaired) electrons. The Bertz CT molecular complexity index is 498. The summed E-state index contributed by atoms with van der Waals surface area (Å²) in [7, 11) is 1.59. The van der Waals surface area contributed by atoms with Gasteiger partial charge in [0.15, 0.2) is 0 Å². The van der Waals surface area contributed by atoms with Crippen molar-refractivity contribution in [1.82, 2.24) is 25.9 Å². The zero-order valence-electron chi connectivity index (χ0n) is 10.6. The Hall–Kier alpha value is -2.46. The average Bonchev–Trinajstić information content (AvgIpc) is 2.61. The number of carbonyl (C=O) groups excluding carboxylic acids is 2. The monoisotopic (exact) mass is 294 g/mol. The molecule has 1 rings (SSSR count). The molecule has 1 heterocycles. The Kier molecular flexibility index (Phi) is 4.78. The number of hydrogen-bond donors (Lipinski definition) is 4. The van der Waals surface area contributed by atoms with Crippen LogP contribution in [-0.2, 0) is 7.05 Å². The number of hydrazine groups is 1. The lowest BCUT2D eigenvalue weighted by Gasteiger charge is -2.11. The van der Waals surface area contributed by atoms with Gasteiger partial charge in [0.1, 0.15) is 12.4 Å². The zero-order chi connectivity index (χ0) is 15.3. The molecule has 8 nitrogen and oxygen atoms in total. The van der Waals surface area contributed by atoms with Crippen LogP contribution in [-0.4, -0.2) is 34.6 Å². The molecule has 0 atom stereocenters. The Labute approximate surface area is 111 Å². The maximum absolute atomic E-state index is 11.8. The van der Waals surface area contributed by atoms with E-state index in [2.05, 4.69) is 10.4 Å². The molecule has 1 aromatic heterocycles. The molecule has 1 aromatic rings. The van der Waals surface area contributed by atoms with Crippen LogP contribution in [0.4, 0.5) is 28.6 Å². The van der Waals surface area contributed by atoms with Gasteiger partial charge in [0.25, 0.3) is 0 Å². The lowest BCUT2D eigenvalue weighted by atomic mass is 10.5. The lowest BCUT2D eigenvalue weighted by molar-refractivity contribution is -0.122. The van der Waals surface area contributed by atoms with Crippen molar-refractivity contribution < 1.29 is 22.8 Å². The molecule has 0 unspecified atom stereocenters. The molecular weight excluding hydrogens is 281 g/mol. The molecular formula is C9H13F3N6O2. The van der Waals surface area contributed by atoms with Crippen molar-refractivity contribution in [3.05, 3.63) is 11.8 Å². The molecule has 11 heteroatoms. The van der Waals surface area contributed by atoms with E-state index in [-0.39, 0.29) is 0 Å². The maximum atomic E-state index is 11.8. The van der Waals surface area contributed by atoms with Gasteiger partial charge in [-0.3, -0.25) is 10.00 Å². The highest BCUT2D eigenvalue weighted by molar-refractivity contribution is 5.89. The van der Waals surface area contributed by atoms with E-state index in [0.29, 0.717) is 11.5 Å². The third-order valence-corrected chi connectivity index (χ3v) is 1.98. The van der Waals surface area contributed by atoms with Crippen LogP contribution >= 0.6 is 0 Å². The van der Waals surface area contributed by atoms with Gasteiger partial charge < -0.3 is 5.32 Å². The number of aryl methyl sites for hydroxylation is 2. The molecule has 4 N–H and O–H groups in total. The van der Waals surface area contributed by atoms with E-state index in [9.17, 15) is 22.8 Å². The van der Waals surface area contributed by atoms with Crippen LogP contribution in [0.25, 0.3) is 0 Å². The van der Waals surface area contributed by atoms with Crippen LogP contribution in [0, 0.1) is 6.92 Å². The predicted molar refractivity (Wildman–Crippen MR) is 62.7 cm³/mol. The minimum absolute atomic E-state index is 0.359. The van der Waals surface area contributed by atoms with Gasteiger partial charge in [-0.05, 0) is 6.92 Å². The summed E-state index contributed by atoms with van der Waals surface area (Å²) >= 11 is 0. The molecule has 112 valence electrons. The first-order valence-corrected chi connectivity index (χ1v) is 5.35. The maximum Gasteiger partial charge on any atom is 0.405 e. The summed E-state index contributed by atoms with van der Waals surface area (Å²) in [5.74, 6) is 0.359. The number of alkyl halides is 3. The molecule has 0 spiro atoms. The standard InChI is InChI=1S/C9H13F3N6O2/c1-5-3-6(18(2)17-5)14-8(20)16-15-7(19)13-4-9(10,11)12/h3H,4H2,1-2H3,(H2,13,15,19)(H2,14,16,20). The minimum Gasteiger partial charge on any atom is -0.328 e. The third-order valence-electron chi connectivity index (χ3n) is 1.98. The Morgan fingerprint density at radius 2 is 1.90 bits per heavy atom. The van der Waals surface area contributed by atoms with E-state index in [1.807, 2.05) is 5.43 Å². The van der Waals surface area contributed by atoms with Crippen molar-refractivity contribution in [2.45, 2.75) is 13.1 Å². The number of halogens is 3. The number of hydrogen-bond acceptors (Lipinski definition) is 3. The minimum atomic E-state index is -4.52. The summed E-state index contributed by atoms with van der Waals surface area (Å²) in [6, 6.07) is -0.433. The van der Waals surface area contributed by atoms with E-state index in [4.69, 9.17) is 0 Å². The van der Waals surface area contributed by atoms with Gasteiger partial charge in [-0.25, -0.2) is 20.4 Å². The molecule has 0 saturated heterocycles. The fraction of sp³-hybridized carbons (Fsp3) is 0.444. The van der Waals surface area contributed by atoms with Crippen molar-refractivity contribution in [3.8, 4) is 0 Å². The van der Waals surface area contributed by atoms with Gasteiger partial charge in [0, 0.05) is 13.1 Å². The number of anilines is 1. The summed E-state index contributed by atoms with van der Waals surface area (Å²) in [6.07, 6.45) is -4.52. The molecule has 0 aliphatic carbocycles. The number of aromatic nitrogens is 2. The Balaban J connectivity index is 2.33. The van der Waals surface area contributed by atoms with Crippen molar-refractivity contribution in [3.63, 3.8) is 0 Å². The molecule has 0 aromatic carbocycles. The van der Waals surface area contributed by atoms with Gasteiger partial charge >= 0.3 is 18.2 Å². The van der Waals surface area contributed by atoms with Crippen LogP contribution in [0.5, 0.6) is 0 Å². The number of amides is 4. The average molecular weight is 294 g/mol. The summed E-state index contributed by atoms with van der Waals surface area (Å²) < 4.78 is 36.8. The number of rotatable bonds is 2. The second kappa shape index (κ2) is 6.12. The summed E-state index contributed by atoms with van der Waals surface area (Å²) in [4.78, 5) is 22.3. The second-order valence-corrected chi connectivity index (χ2v) is 3.80. The van der Waals surface area contributed by atoms with E-state index >= 15 is 0 Å². The van der Waals surface area contributed by atoms with Crippen molar-refractivity contribution in [1.29, 1.82) is 0 Å². The van der Waals surface area contributed by atoms with Crippen LogP contribution < -0.4 is 21.5 Å². The van der Waals surface area contributed by atoms with Gasteiger partial charge in [-0.2, -0.15) is 18.3 Å². The van der Waals surface area contributed by atoms with Crippen molar-refractivity contribution in [2.24, 2.45) is 7.05 Å². The molecule has 0 bridgehead atoms. The SMILES string of the molecule is Cc1cc(NC(=O)NNC(=O)NCC(F)(F)F)n(C)n1. The zero-order valence-corrected chi connectivity index (χ0v) is 10.6. The van der Waals surface area contributed by atoms with E-state index < -0.39 is 24.8 Å². The van der Waals surface area contributed by atoms with Crippen LogP contribution in [0.3, 0.4) is 0 Å². The number of nitrogens with zero attached hydrogens (tertiary/aromatic N) is 2. The number of carbonyl (C=O) groups is 2. The van der Waals surface area contributed by atoms with Crippen LogP contribution in [0.2, 0.25) is 0 Å². The highest BCUT2D eigenvalue weighted by Crippen LogP contribution is 2.11. The molecule has 4 amide bonds. The van der Waals surface area contributed by atoms with Crippen molar-refractivity contribution >= 4 is 17.9 Å². The second-order valence-electron chi connectivity index (χ2n) is 3.80. The molecule has 0 aliphatic heterocycles. The van der Waals surface area contributed by atoms with E-state index in [0.717, 1.165) is 0 Å². The molecule has 20 heavy (non-hydrogen) atoms. The van der Waals surface area contributed by atoms with E-state index in [1.165, 1.54) is 10.00 Å². The fourth-order valence-electron chi connectivity index (χ4n) is 1.21. The van der Waals surface area contributed by atoms with Gasteiger partial charge in [0.05, 0.1) is 5.69 Å². The van der Waals surface area contributed by atoms with E-state index in [1.54, 1.807) is 25.5 Å². The topological polar surface area (TPSA) is 100 Å². The lowest BCUT2D eigenvalue weighted by Crippen LogP contribution is -2.50. The predicted octanol–water partition coefficient (Wildman–Crippen LogP) is 0.627. The van der Waals surface area contributed by atoms with Crippen LogP contribution in [0.15, 0.2) is 6.07 Å². The van der Waals surface area contributed by atoms with Crippen LogP contribution in [0.1, 0.15) is 5.69 Å². The quantitative estimate of drug-likeness (QED) is 0.602. The van der Waals surface area contributed by atoms with Crippen molar-refractivity contribution in [2.75, 3.05) is 11.9 Å². The normalized spacial score (nSPS) is 10.8. The first-order valence-electron chi connectivity index (χ1n) is 5.35. The van der Waals surface area contributed by atoms with Gasteiger partial charge in [-0.1, -0.05) is 0 Å². The Morgan fingerprint density at radius 1 is 1.30 bits per heavy atom. The number of urea groups is 2. The molecule has 0 fully saturated rings. The fourth-order valence-corrected chi connectivity index (χ4v) is 1.21. The third kappa shape index (κ3) is 5.46. The summed E-state index contributed by atoms with van der Waals surface area (Å²) in [5, 5.41) is 7.83. The highest BCUT2D eigenvalue weighted by atomic mass is 19.4. The largest absolute Gasteiger partial charge is 0.405 e. The smallest absolute Gasteiger partial charge is 0.328 e. The molecule has 0 saturated carbocycles. The Morgan fingerprint density at radius 3 is 2.40 bits per heavy atom. The molecule has 0 aliphatic rings. The summed E-state index contributed by atoms with van der Waals surface area (Å²) in [5.41, 5.74) is 4.31. The highest BCUT2D eigenvalue weighted by Gasteiger charge is 2.27.